The van der Waals surface area contributed by atoms with Crippen LogP contribution in [0.3, 0.4) is 0 Å². The minimum atomic E-state index is -1.06. The molecular weight excluding hydrogens is 518 g/mol. The van der Waals surface area contributed by atoms with Crippen molar-refractivity contribution in [1.29, 1.82) is 0 Å². The van der Waals surface area contributed by atoms with Crippen molar-refractivity contribution in [2.24, 2.45) is 11.8 Å². The van der Waals surface area contributed by atoms with Crippen molar-refractivity contribution < 1.29 is 44.3 Å². The summed E-state index contributed by atoms with van der Waals surface area (Å²) in [5.41, 5.74) is 0.651. The van der Waals surface area contributed by atoms with E-state index in [1.54, 1.807) is 19.1 Å². The van der Waals surface area contributed by atoms with Gasteiger partial charge in [0.15, 0.2) is 12.1 Å². The van der Waals surface area contributed by atoms with Gasteiger partial charge in [0, 0.05) is 25.8 Å². The molecule has 2 rings (SSSR count). The fourth-order valence-electron chi connectivity index (χ4n) is 4.89. The van der Waals surface area contributed by atoms with Gasteiger partial charge in [0.1, 0.15) is 17.4 Å². The van der Waals surface area contributed by atoms with Crippen molar-refractivity contribution in [3.05, 3.63) is 59.4 Å². The number of ketones is 1. The normalized spacial score (nSPS) is 29.4. The van der Waals surface area contributed by atoms with Crippen LogP contribution in [0.4, 0.5) is 0 Å². The van der Waals surface area contributed by atoms with Crippen LogP contribution in [0.2, 0.25) is 0 Å². The highest BCUT2D eigenvalue weighted by Crippen LogP contribution is 2.28. The zero-order valence-electron chi connectivity index (χ0n) is 24.1. The van der Waals surface area contributed by atoms with E-state index in [0.29, 0.717) is 0 Å². The smallest absolute Gasteiger partial charge is 0.303 e. The number of aliphatic carboxylic acids is 1. The largest absolute Gasteiger partial charge is 0.507 e. The van der Waals surface area contributed by atoms with Gasteiger partial charge in [-0.1, -0.05) is 62.8 Å². The van der Waals surface area contributed by atoms with Crippen molar-refractivity contribution in [2.75, 3.05) is 7.05 Å². The van der Waals surface area contributed by atoms with Crippen LogP contribution in [0.1, 0.15) is 53.9 Å². The number of hydrogen-bond donors (Lipinski definition) is 4. The van der Waals surface area contributed by atoms with Gasteiger partial charge in [0.05, 0.1) is 24.4 Å². The van der Waals surface area contributed by atoms with E-state index in [1.807, 2.05) is 26.0 Å². The molecule has 10 nitrogen and oxygen atoms in total. The van der Waals surface area contributed by atoms with Gasteiger partial charge in [-0.3, -0.25) is 14.4 Å². The molecule has 0 aliphatic carbocycles. The van der Waals surface area contributed by atoms with E-state index in [0.717, 1.165) is 10.5 Å². The van der Waals surface area contributed by atoms with Crippen LogP contribution in [0, 0.1) is 11.8 Å². The number of ether oxygens (including phenoxy) is 2. The molecule has 1 amide bonds. The SMILES string of the molecule is CC(C=CC=CC=CC(O)=C1C(=O)C(CCC(=O)O)N(C)C1=O)=CC(C)C(OC1CC(O)C(O)C(C)O1)C(C)C. The van der Waals surface area contributed by atoms with Crippen LogP contribution >= 0.6 is 0 Å². The summed E-state index contributed by atoms with van der Waals surface area (Å²) in [5, 5.41) is 39.1. The van der Waals surface area contributed by atoms with Gasteiger partial charge in [-0.2, -0.15) is 0 Å². The molecule has 10 heteroatoms. The first-order valence-electron chi connectivity index (χ1n) is 13.6. The Labute approximate surface area is 236 Å². The maximum absolute atomic E-state index is 12.5. The summed E-state index contributed by atoms with van der Waals surface area (Å²) in [6.45, 7) is 9.82. The highest BCUT2D eigenvalue weighted by Gasteiger charge is 2.42. The summed E-state index contributed by atoms with van der Waals surface area (Å²) in [4.78, 5) is 36.9. The molecule has 222 valence electrons. The second-order valence-electron chi connectivity index (χ2n) is 10.8. The van der Waals surface area contributed by atoms with Crippen LogP contribution in [-0.4, -0.2) is 86.8 Å². The quantitative estimate of drug-likeness (QED) is 0.122. The molecule has 4 N–H and O–H groups in total. The minimum Gasteiger partial charge on any atom is -0.507 e. The van der Waals surface area contributed by atoms with Crippen molar-refractivity contribution >= 4 is 17.7 Å². The van der Waals surface area contributed by atoms with Crippen LogP contribution in [0.25, 0.3) is 0 Å². The molecule has 2 fully saturated rings. The molecule has 2 aliphatic heterocycles. The first-order chi connectivity index (χ1) is 18.7. The molecule has 0 aromatic heterocycles. The molecule has 0 saturated carbocycles. The Kier molecular flexibility index (Phi) is 12.5. The van der Waals surface area contributed by atoms with Crippen LogP contribution in [0.15, 0.2) is 59.4 Å². The third kappa shape index (κ3) is 8.99. The van der Waals surface area contributed by atoms with E-state index in [9.17, 15) is 29.7 Å². The summed E-state index contributed by atoms with van der Waals surface area (Å²) in [6, 6.07) is -0.899. The number of rotatable bonds is 12. The standard InChI is InChI=1S/C30H43NO9/c1-17(2)29(40-25-16-23(33)27(36)20(5)39-25)19(4)15-18(3)11-9-7-8-10-12-22(32)26-28(37)21(13-14-24(34)35)31(6)30(26)38/h7-12,15,17,19-21,23,25,27,29,32-33,36H,13-14,16H2,1-6H3,(H,34,35). The van der Waals surface area contributed by atoms with Gasteiger partial charge in [0.2, 0.25) is 0 Å². The van der Waals surface area contributed by atoms with Crippen molar-refractivity contribution in [3.63, 3.8) is 0 Å². The molecule has 7 unspecified atom stereocenters. The average Bonchev–Trinajstić information content (AvgIpc) is 3.08. The maximum atomic E-state index is 12.5. The first-order valence-corrected chi connectivity index (χ1v) is 13.6. The van der Waals surface area contributed by atoms with Gasteiger partial charge < -0.3 is 34.8 Å². The van der Waals surface area contributed by atoms with E-state index in [2.05, 4.69) is 19.9 Å². The number of nitrogens with zero attached hydrogens (tertiary/aromatic N) is 1. The number of aliphatic hydroxyl groups is 3. The van der Waals surface area contributed by atoms with Crippen molar-refractivity contribution in [2.45, 2.75) is 90.6 Å². The lowest BCUT2D eigenvalue weighted by Gasteiger charge is -2.38. The Balaban J connectivity index is 1.97. The predicted octanol–water partition coefficient (Wildman–Crippen LogP) is 3.22. The number of aliphatic hydroxyl groups excluding tert-OH is 3. The van der Waals surface area contributed by atoms with Gasteiger partial charge in [0.25, 0.3) is 5.91 Å². The molecule has 2 saturated heterocycles. The number of carboxylic acid groups (broad SMARTS) is 1. The molecule has 0 bridgehead atoms. The van der Waals surface area contributed by atoms with E-state index in [4.69, 9.17) is 14.6 Å². The Bertz CT molecular complexity index is 1060. The van der Waals surface area contributed by atoms with E-state index in [-0.39, 0.29) is 42.8 Å². The lowest BCUT2D eigenvalue weighted by Crippen LogP contribution is -2.49. The summed E-state index contributed by atoms with van der Waals surface area (Å²) in [7, 11) is 1.41. The number of carbonyl (C=O) groups is 3. The zero-order chi connectivity index (χ0) is 30.1. The van der Waals surface area contributed by atoms with Crippen molar-refractivity contribution in [3.8, 4) is 0 Å². The number of likely N-dealkylation sites (N-methyl/N-ethyl adjacent to an activating group) is 1. The van der Waals surface area contributed by atoms with Crippen molar-refractivity contribution in [1.82, 2.24) is 4.90 Å². The molecule has 2 heterocycles. The molecule has 0 aromatic rings. The fourth-order valence-corrected chi connectivity index (χ4v) is 4.89. The number of amides is 1. The highest BCUT2D eigenvalue weighted by atomic mass is 16.7. The topological polar surface area (TPSA) is 154 Å². The monoisotopic (exact) mass is 561 g/mol. The van der Waals surface area contributed by atoms with E-state index >= 15 is 0 Å². The zero-order valence-corrected chi connectivity index (χ0v) is 24.1. The Morgan fingerprint density at radius 1 is 1.10 bits per heavy atom. The number of Topliss-reactive ketones (excluding diaryl/α,β-unsaturated/α-hetero) is 1. The third-order valence-corrected chi connectivity index (χ3v) is 7.07. The summed E-state index contributed by atoms with van der Waals surface area (Å²) < 4.78 is 11.9. The Morgan fingerprint density at radius 2 is 1.73 bits per heavy atom. The van der Waals surface area contributed by atoms with Gasteiger partial charge in [-0.15, -0.1) is 0 Å². The van der Waals surface area contributed by atoms with Gasteiger partial charge >= 0.3 is 5.97 Å². The molecule has 0 radical (unpaired) electrons. The predicted molar refractivity (Wildman–Crippen MR) is 149 cm³/mol. The molecule has 2 aliphatic rings. The number of allylic oxidation sites excluding steroid dienone is 7. The third-order valence-electron chi connectivity index (χ3n) is 7.07. The number of carbonyl (C=O) groups excluding carboxylic acids is 2. The molecule has 0 spiro atoms. The second kappa shape index (κ2) is 15.1. The lowest BCUT2D eigenvalue weighted by atomic mass is 9.92. The second-order valence-corrected chi connectivity index (χ2v) is 10.8. The average molecular weight is 562 g/mol. The minimum absolute atomic E-state index is 0.0159. The highest BCUT2D eigenvalue weighted by molar-refractivity contribution is 6.26. The molecule has 0 aromatic carbocycles. The molecule has 7 atom stereocenters. The lowest BCUT2D eigenvalue weighted by molar-refractivity contribution is -0.267. The van der Waals surface area contributed by atoms with Crippen LogP contribution in [-0.2, 0) is 23.9 Å². The number of carboxylic acids is 1. The number of likely N-dealkylation sites (tertiary alicyclic amines) is 1. The van der Waals surface area contributed by atoms with Gasteiger partial charge in [-0.05, 0) is 32.3 Å². The number of hydrogen-bond acceptors (Lipinski definition) is 8. The first kappa shape index (κ1) is 33.2. The summed E-state index contributed by atoms with van der Waals surface area (Å²) >= 11 is 0. The van der Waals surface area contributed by atoms with Crippen LogP contribution in [0.5, 0.6) is 0 Å². The fraction of sp³-hybridized carbons (Fsp3) is 0.567. The summed E-state index contributed by atoms with van der Waals surface area (Å²) in [5.74, 6) is -2.52. The summed E-state index contributed by atoms with van der Waals surface area (Å²) in [6.07, 6.45) is 8.75. The van der Waals surface area contributed by atoms with E-state index in [1.165, 1.54) is 19.2 Å². The van der Waals surface area contributed by atoms with Crippen LogP contribution < -0.4 is 0 Å². The maximum Gasteiger partial charge on any atom is 0.303 e. The Hall–Kier alpha value is -3.05. The Morgan fingerprint density at radius 3 is 2.30 bits per heavy atom. The molecule has 40 heavy (non-hydrogen) atoms. The van der Waals surface area contributed by atoms with Gasteiger partial charge in [-0.25, -0.2) is 0 Å². The van der Waals surface area contributed by atoms with E-state index < -0.39 is 54.1 Å². The molecular formula is C30H43NO9.